The van der Waals surface area contributed by atoms with Gasteiger partial charge in [0.1, 0.15) is 17.8 Å². The second-order valence-corrected chi connectivity index (χ2v) is 8.79. The number of amides is 1. The molecule has 160 valence electrons. The van der Waals surface area contributed by atoms with Crippen molar-refractivity contribution < 1.29 is 14.3 Å². The molecule has 1 heterocycles. The SMILES string of the molecule is CCOC(=O)Cc1nnc(SCC(=O)N[C@@](C)(C#N)C(C)C)n1C1CCCCC1. The summed E-state index contributed by atoms with van der Waals surface area (Å²) in [6.45, 7) is 7.62. The van der Waals surface area contributed by atoms with Gasteiger partial charge in [-0.1, -0.05) is 44.9 Å². The fourth-order valence-corrected chi connectivity index (χ4v) is 4.16. The van der Waals surface area contributed by atoms with Gasteiger partial charge in [-0.25, -0.2) is 0 Å². The number of rotatable bonds is 9. The molecule has 0 aromatic carbocycles. The van der Waals surface area contributed by atoms with E-state index < -0.39 is 5.54 Å². The highest BCUT2D eigenvalue weighted by Crippen LogP contribution is 2.33. The van der Waals surface area contributed by atoms with Gasteiger partial charge in [0.15, 0.2) is 5.16 Å². The van der Waals surface area contributed by atoms with Crippen LogP contribution in [0.4, 0.5) is 0 Å². The molecule has 0 unspecified atom stereocenters. The molecule has 2 rings (SSSR count). The summed E-state index contributed by atoms with van der Waals surface area (Å²) >= 11 is 1.29. The van der Waals surface area contributed by atoms with Crippen molar-refractivity contribution in [3.63, 3.8) is 0 Å². The summed E-state index contributed by atoms with van der Waals surface area (Å²) in [5, 5.41) is 21.3. The number of carbonyl (C=O) groups is 2. The van der Waals surface area contributed by atoms with Crippen molar-refractivity contribution in [3.05, 3.63) is 5.82 Å². The van der Waals surface area contributed by atoms with Crippen LogP contribution in [0.3, 0.4) is 0 Å². The van der Waals surface area contributed by atoms with E-state index in [0.717, 1.165) is 25.7 Å². The summed E-state index contributed by atoms with van der Waals surface area (Å²) in [5.74, 6) is 0.158. The summed E-state index contributed by atoms with van der Waals surface area (Å²) in [6, 6.07) is 2.41. The maximum Gasteiger partial charge on any atom is 0.313 e. The Kier molecular flexibility index (Phi) is 8.50. The number of carbonyl (C=O) groups excluding carboxylic acids is 2. The molecule has 1 fully saturated rings. The normalized spacial score (nSPS) is 16.8. The van der Waals surface area contributed by atoms with Crippen LogP contribution < -0.4 is 5.32 Å². The average Bonchev–Trinajstić information content (AvgIpc) is 3.09. The number of hydrogen-bond donors (Lipinski definition) is 1. The van der Waals surface area contributed by atoms with Crippen LogP contribution in [0.5, 0.6) is 0 Å². The van der Waals surface area contributed by atoms with Gasteiger partial charge < -0.3 is 14.6 Å². The molecule has 0 radical (unpaired) electrons. The smallest absolute Gasteiger partial charge is 0.313 e. The first-order valence-corrected chi connectivity index (χ1v) is 11.2. The number of hydrogen-bond acceptors (Lipinski definition) is 7. The van der Waals surface area contributed by atoms with Crippen LogP contribution in [0, 0.1) is 17.2 Å². The molecule has 1 aliphatic rings. The van der Waals surface area contributed by atoms with E-state index in [0.29, 0.717) is 17.6 Å². The zero-order valence-electron chi connectivity index (χ0n) is 17.7. The molecule has 1 N–H and O–H groups in total. The Labute approximate surface area is 176 Å². The predicted octanol–water partition coefficient (Wildman–Crippen LogP) is 3.04. The maximum atomic E-state index is 12.4. The molecule has 8 nitrogen and oxygen atoms in total. The summed E-state index contributed by atoms with van der Waals surface area (Å²) < 4.78 is 7.08. The standard InChI is InChI=1S/C20H31N5O3S/c1-5-28-18(27)11-16-23-24-19(25(16)15-9-7-6-8-10-15)29-12-17(26)22-20(4,13-21)14(2)3/h14-15H,5-12H2,1-4H3,(H,22,26)/t20-/m0/s1. The molecule has 1 amide bonds. The minimum atomic E-state index is -0.913. The first-order chi connectivity index (χ1) is 13.8. The largest absolute Gasteiger partial charge is 0.466 e. The maximum absolute atomic E-state index is 12.4. The number of thioether (sulfide) groups is 1. The number of nitrogens with zero attached hydrogens (tertiary/aromatic N) is 4. The highest BCUT2D eigenvalue weighted by atomic mass is 32.2. The van der Waals surface area contributed by atoms with Crippen molar-refractivity contribution in [2.75, 3.05) is 12.4 Å². The van der Waals surface area contributed by atoms with E-state index in [1.165, 1.54) is 18.2 Å². The minimum Gasteiger partial charge on any atom is -0.466 e. The van der Waals surface area contributed by atoms with E-state index in [2.05, 4.69) is 21.6 Å². The Bertz CT molecular complexity index is 752. The number of nitrogens with one attached hydrogen (secondary N) is 1. The van der Waals surface area contributed by atoms with Gasteiger partial charge in [-0.3, -0.25) is 9.59 Å². The van der Waals surface area contributed by atoms with E-state index in [4.69, 9.17) is 4.74 Å². The van der Waals surface area contributed by atoms with Crippen molar-refractivity contribution in [1.82, 2.24) is 20.1 Å². The lowest BCUT2D eigenvalue weighted by Crippen LogP contribution is -2.49. The van der Waals surface area contributed by atoms with Crippen LogP contribution in [0.15, 0.2) is 5.16 Å². The first-order valence-electron chi connectivity index (χ1n) is 10.2. The fourth-order valence-electron chi connectivity index (χ4n) is 3.33. The van der Waals surface area contributed by atoms with E-state index in [1.54, 1.807) is 13.8 Å². The minimum absolute atomic E-state index is 0.0106. The van der Waals surface area contributed by atoms with Gasteiger partial charge in [0.25, 0.3) is 0 Å². The molecule has 1 saturated carbocycles. The number of aromatic nitrogens is 3. The highest BCUT2D eigenvalue weighted by Gasteiger charge is 2.30. The molecule has 1 aromatic heterocycles. The van der Waals surface area contributed by atoms with Crippen LogP contribution in [0.1, 0.15) is 71.7 Å². The second kappa shape index (κ2) is 10.6. The molecule has 0 spiro atoms. The Morgan fingerprint density at radius 3 is 2.62 bits per heavy atom. The van der Waals surface area contributed by atoms with Crippen LogP contribution in [-0.4, -0.2) is 44.5 Å². The number of nitriles is 1. The summed E-state index contributed by atoms with van der Waals surface area (Å²) in [5.41, 5.74) is -0.913. The van der Waals surface area contributed by atoms with Gasteiger partial charge in [-0.2, -0.15) is 5.26 Å². The van der Waals surface area contributed by atoms with Gasteiger partial charge in [0, 0.05) is 6.04 Å². The fraction of sp³-hybridized carbons (Fsp3) is 0.750. The molecular weight excluding hydrogens is 390 g/mol. The molecule has 29 heavy (non-hydrogen) atoms. The average molecular weight is 422 g/mol. The quantitative estimate of drug-likeness (QED) is 0.482. The molecule has 1 aliphatic carbocycles. The summed E-state index contributed by atoms with van der Waals surface area (Å²) in [7, 11) is 0. The van der Waals surface area contributed by atoms with Crippen LogP contribution in [0.25, 0.3) is 0 Å². The zero-order valence-corrected chi connectivity index (χ0v) is 18.5. The monoisotopic (exact) mass is 421 g/mol. The van der Waals surface area contributed by atoms with E-state index in [-0.39, 0.29) is 36.0 Å². The van der Waals surface area contributed by atoms with E-state index >= 15 is 0 Å². The molecule has 0 saturated heterocycles. The third-order valence-corrected chi connectivity index (χ3v) is 6.34. The summed E-state index contributed by atoms with van der Waals surface area (Å²) in [4.78, 5) is 24.4. The molecule has 0 aliphatic heterocycles. The Morgan fingerprint density at radius 2 is 2.03 bits per heavy atom. The van der Waals surface area contributed by atoms with Gasteiger partial charge in [-0.05, 0) is 32.6 Å². The second-order valence-electron chi connectivity index (χ2n) is 7.85. The van der Waals surface area contributed by atoms with Crippen LogP contribution >= 0.6 is 11.8 Å². The van der Waals surface area contributed by atoms with Crippen LogP contribution in [0.2, 0.25) is 0 Å². The van der Waals surface area contributed by atoms with Crippen LogP contribution in [-0.2, 0) is 20.7 Å². The first kappa shape index (κ1) is 23.2. The van der Waals surface area contributed by atoms with Gasteiger partial charge >= 0.3 is 5.97 Å². The lowest BCUT2D eigenvalue weighted by molar-refractivity contribution is -0.142. The molecule has 9 heteroatoms. The van der Waals surface area contributed by atoms with Crippen molar-refractivity contribution >= 4 is 23.6 Å². The van der Waals surface area contributed by atoms with Gasteiger partial charge in [0.2, 0.25) is 5.91 Å². The van der Waals surface area contributed by atoms with Crippen molar-refractivity contribution in [2.45, 2.75) is 83.0 Å². The lowest BCUT2D eigenvalue weighted by atomic mass is 9.90. The molecule has 1 atom stereocenters. The molecule has 1 aromatic rings. The molecule has 0 bridgehead atoms. The Hall–Kier alpha value is -2.08. The molecular formula is C20H31N5O3S. The third kappa shape index (κ3) is 6.20. The zero-order chi connectivity index (χ0) is 21.4. The number of ether oxygens (including phenoxy) is 1. The Morgan fingerprint density at radius 1 is 1.34 bits per heavy atom. The van der Waals surface area contributed by atoms with Gasteiger partial charge in [0.05, 0.1) is 18.4 Å². The van der Waals surface area contributed by atoms with Gasteiger partial charge in [-0.15, -0.1) is 10.2 Å². The van der Waals surface area contributed by atoms with Crippen molar-refractivity contribution in [2.24, 2.45) is 5.92 Å². The summed E-state index contributed by atoms with van der Waals surface area (Å²) in [6.07, 6.45) is 5.55. The Balaban J connectivity index is 2.13. The third-order valence-electron chi connectivity index (χ3n) is 5.40. The lowest BCUT2D eigenvalue weighted by Gasteiger charge is -2.27. The number of esters is 1. The predicted molar refractivity (Wildman–Crippen MR) is 110 cm³/mol. The topological polar surface area (TPSA) is 110 Å². The highest BCUT2D eigenvalue weighted by molar-refractivity contribution is 7.99. The van der Waals surface area contributed by atoms with E-state index in [1.807, 2.05) is 18.4 Å². The van der Waals surface area contributed by atoms with Crippen molar-refractivity contribution in [1.29, 1.82) is 5.26 Å². The van der Waals surface area contributed by atoms with E-state index in [9.17, 15) is 14.9 Å². The van der Waals surface area contributed by atoms with Crippen molar-refractivity contribution in [3.8, 4) is 6.07 Å².